The molecule has 20 heavy (non-hydrogen) atoms. The number of methoxy groups -OCH3 is 1. The van der Waals surface area contributed by atoms with Crippen LogP contribution < -0.4 is 5.32 Å². The molecule has 1 heterocycles. The summed E-state index contributed by atoms with van der Waals surface area (Å²) in [4.78, 5) is 2.52. The first kappa shape index (κ1) is 17.9. The highest BCUT2D eigenvalue weighted by molar-refractivity contribution is 4.85. The maximum atomic E-state index is 5.63. The normalized spacial score (nSPS) is 24.4. The fourth-order valence-electron chi connectivity index (χ4n) is 2.35. The molecule has 1 saturated heterocycles. The Bertz CT molecular complexity index is 239. The zero-order valence-corrected chi connectivity index (χ0v) is 13.6. The summed E-state index contributed by atoms with van der Waals surface area (Å²) in [6, 6.07) is 1.19. The van der Waals surface area contributed by atoms with Gasteiger partial charge in [-0.25, -0.2) is 0 Å². The minimum atomic E-state index is 0.589. The summed E-state index contributed by atoms with van der Waals surface area (Å²) in [5, 5.41) is 3.61. The van der Waals surface area contributed by atoms with E-state index in [-0.39, 0.29) is 0 Å². The van der Waals surface area contributed by atoms with Crippen molar-refractivity contribution in [3.8, 4) is 0 Å². The highest BCUT2D eigenvalue weighted by Gasteiger charge is 2.26. The van der Waals surface area contributed by atoms with Crippen LogP contribution in [0.2, 0.25) is 0 Å². The molecule has 1 aliphatic heterocycles. The van der Waals surface area contributed by atoms with Gasteiger partial charge in [0.25, 0.3) is 0 Å². The van der Waals surface area contributed by atoms with Crippen molar-refractivity contribution in [3.05, 3.63) is 0 Å². The number of hydrogen-bond donors (Lipinski definition) is 1. The van der Waals surface area contributed by atoms with Crippen LogP contribution in [0.5, 0.6) is 0 Å². The molecule has 2 atom stereocenters. The average Bonchev–Trinajstić information content (AvgIpc) is 2.43. The molecule has 0 aromatic rings. The first-order valence-electron chi connectivity index (χ1n) is 7.77. The molecule has 1 rings (SSSR count). The van der Waals surface area contributed by atoms with E-state index in [9.17, 15) is 0 Å². The number of piperazine rings is 1. The van der Waals surface area contributed by atoms with Gasteiger partial charge in [0.2, 0.25) is 0 Å². The van der Waals surface area contributed by atoms with Crippen LogP contribution in [0.25, 0.3) is 0 Å². The molecule has 1 aliphatic rings. The highest BCUT2D eigenvalue weighted by Crippen LogP contribution is 2.12. The van der Waals surface area contributed by atoms with Crippen LogP contribution in [-0.4, -0.2) is 76.8 Å². The topological polar surface area (TPSA) is 43.0 Å². The summed E-state index contributed by atoms with van der Waals surface area (Å²) in [5.41, 5.74) is 0. The molecule has 0 bridgehead atoms. The first-order chi connectivity index (χ1) is 9.65. The smallest absolute Gasteiger partial charge is 0.0701 e. The van der Waals surface area contributed by atoms with Gasteiger partial charge in [0.05, 0.1) is 33.0 Å². The SMILES string of the molecule is COCCOCCOCCN1CC(C(C)C)NCC1C. The van der Waals surface area contributed by atoms with Gasteiger partial charge in [0, 0.05) is 38.8 Å². The number of ether oxygens (including phenoxy) is 3. The van der Waals surface area contributed by atoms with Gasteiger partial charge in [0.1, 0.15) is 0 Å². The second-order valence-electron chi connectivity index (χ2n) is 5.82. The minimum Gasteiger partial charge on any atom is -0.382 e. The lowest BCUT2D eigenvalue weighted by atomic mass is 10.00. The van der Waals surface area contributed by atoms with E-state index in [1.165, 1.54) is 0 Å². The number of hydrogen-bond acceptors (Lipinski definition) is 5. The summed E-state index contributed by atoms with van der Waals surface area (Å²) >= 11 is 0. The Kier molecular flexibility index (Phi) is 9.39. The number of nitrogens with zero attached hydrogens (tertiary/aromatic N) is 1. The molecule has 5 nitrogen and oxygen atoms in total. The van der Waals surface area contributed by atoms with Gasteiger partial charge in [-0.3, -0.25) is 4.90 Å². The van der Waals surface area contributed by atoms with Crippen LogP contribution in [-0.2, 0) is 14.2 Å². The van der Waals surface area contributed by atoms with Crippen molar-refractivity contribution >= 4 is 0 Å². The zero-order chi connectivity index (χ0) is 14.8. The third-order valence-electron chi connectivity index (χ3n) is 3.86. The molecule has 1 fully saturated rings. The Morgan fingerprint density at radius 3 is 2.40 bits per heavy atom. The van der Waals surface area contributed by atoms with Crippen molar-refractivity contribution < 1.29 is 14.2 Å². The van der Waals surface area contributed by atoms with Gasteiger partial charge >= 0.3 is 0 Å². The molecular formula is C15H32N2O3. The van der Waals surface area contributed by atoms with E-state index in [4.69, 9.17) is 14.2 Å². The highest BCUT2D eigenvalue weighted by atomic mass is 16.5. The molecule has 120 valence electrons. The van der Waals surface area contributed by atoms with Gasteiger partial charge in [-0.05, 0) is 12.8 Å². The van der Waals surface area contributed by atoms with Crippen molar-refractivity contribution in [1.29, 1.82) is 0 Å². The molecule has 0 radical (unpaired) electrons. The van der Waals surface area contributed by atoms with Gasteiger partial charge < -0.3 is 19.5 Å². The Labute approximate surface area is 123 Å². The molecule has 5 heteroatoms. The zero-order valence-electron chi connectivity index (χ0n) is 13.6. The molecule has 0 aliphatic carbocycles. The molecule has 0 spiro atoms. The predicted octanol–water partition coefficient (Wildman–Crippen LogP) is 0.984. The van der Waals surface area contributed by atoms with E-state index in [0.29, 0.717) is 44.4 Å². The summed E-state index contributed by atoms with van der Waals surface area (Å²) in [7, 11) is 1.68. The Morgan fingerprint density at radius 1 is 1.10 bits per heavy atom. The predicted molar refractivity (Wildman–Crippen MR) is 81.2 cm³/mol. The van der Waals surface area contributed by atoms with Crippen LogP contribution >= 0.6 is 0 Å². The first-order valence-corrected chi connectivity index (χ1v) is 7.77. The minimum absolute atomic E-state index is 0.589. The third kappa shape index (κ3) is 6.99. The standard InChI is InChI=1S/C15H32N2O3/c1-13(2)15-12-17(14(3)11-16-15)5-6-19-9-10-20-8-7-18-4/h13-16H,5-12H2,1-4H3. The lowest BCUT2D eigenvalue weighted by Gasteiger charge is -2.40. The van der Waals surface area contributed by atoms with Crippen LogP contribution in [0.4, 0.5) is 0 Å². The van der Waals surface area contributed by atoms with Crippen LogP contribution in [0.1, 0.15) is 20.8 Å². The van der Waals surface area contributed by atoms with Crippen LogP contribution in [0.15, 0.2) is 0 Å². The number of nitrogens with one attached hydrogen (secondary N) is 1. The van der Waals surface area contributed by atoms with E-state index in [1.807, 2.05) is 0 Å². The van der Waals surface area contributed by atoms with E-state index in [1.54, 1.807) is 7.11 Å². The maximum absolute atomic E-state index is 5.63. The maximum Gasteiger partial charge on any atom is 0.0701 e. The molecule has 0 saturated carbocycles. The largest absolute Gasteiger partial charge is 0.382 e. The lowest BCUT2D eigenvalue weighted by molar-refractivity contribution is 0.0125. The monoisotopic (exact) mass is 288 g/mol. The van der Waals surface area contributed by atoms with E-state index in [2.05, 4.69) is 31.0 Å². The fourth-order valence-corrected chi connectivity index (χ4v) is 2.35. The van der Waals surface area contributed by atoms with Gasteiger partial charge in [-0.15, -0.1) is 0 Å². The van der Waals surface area contributed by atoms with Gasteiger partial charge in [0.15, 0.2) is 0 Å². The van der Waals surface area contributed by atoms with Gasteiger partial charge in [-0.1, -0.05) is 13.8 Å². The molecule has 0 aromatic carbocycles. The third-order valence-corrected chi connectivity index (χ3v) is 3.86. The van der Waals surface area contributed by atoms with Crippen molar-refractivity contribution in [1.82, 2.24) is 10.2 Å². The van der Waals surface area contributed by atoms with E-state index >= 15 is 0 Å². The number of rotatable bonds is 10. The summed E-state index contributed by atoms with van der Waals surface area (Å²) in [6.45, 7) is 13.4. The van der Waals surface area contributed by atoms with Crippen molar-refractivity contribution in [2.24, 2.45) is 5.92 Å². The quantitative estimate of drug-likeness (QED) is 0.607. The Balaban J connectivity index is 2.05. The lowest BCUT2D eigenvalue weighted by Crippen LogP contribution is -2.57. The molecule has 2 unspecified atom stereocenters. The molecule has 0 aromatic heterocycles. The summed E-state index contributed by atoms with van der Waals surface area (Å²) in [5.74, 6) is 0.681. The van der Waals surface area contributed by atoms with Crippen molar-refractivity contribution in [3.63, 3.8) is 0 Å². The van der Waals surface area contributed by atoms with Crippen molar-refractivity contribution in [2.75, 3.05) is 59.8 Å². The fraction of sp³-hybridized carbons (Fsp3) is 1.00. The van der Waals surface area contributed by atoms with E-state index in [0.717, 1.165) is 26.2 Å². The van der Waals surface area contributed by atoms with Crippen LogP contribution in [0, 0.1) is 5.92 Å². The molecular weight excluding hydrogens is 256 g/mol. The van der Waals surface area contributed by atoms with Crippen LogP contribution in [0.3, 0.4) is 0 Å². The molecule has 1 N–H and O–H groups in total. The molecule has 0 amide bonds. The van der Waals surface area contributed by atoms with Gasteiger partial charge in [-0.2, -0.15) is 0 Å². The second kappa shape index (κ2) is 10.5. The summed E-state index contributed by atoms with van der Waals surface area (Å²) in [6.07, 6.45) is 0. The van der Waals surface area contributed by atoms with Crippen molar-refractivity contribution in [2.45, 2.75) is 32.9 Å². The average molecular weight is 288 g/mol. The second-order valence-corrected chi connectivity index (χ2v) is 5.82. The summed E-state index contributed by atoms with van der Waals surface area (Å²) < 4.78 is 15.9. The Morgan fingerprint density at radius 2 is 1.75 bits per heavy atom. The Hall–Kier alpha value is -0.200. The van der Waals surface area contributed by atoms with E-state index < -0.39 is 0 Å².